The molecule has 3 aromatic rings. The van der Waals surface area contributed by atoms with E-state index in [-0.39, 0.29) is 17.5 Å². The number of nitrogens with one attached hydrogen (secondary N) is 1. The van der Waals surface area contributed by atoms with Crippen LogP contribution in [-0.4, -0.2) is 33.8 Å². The highest BCUT2D eigenvalue weighted by atomic mass is 16.5. The second kappa shape index (κ2) is 7.49. The van der Waals surface area contributed by atoms with Crippen molar-refractivity contribution in [2.75, 3.05) is 12.0 Å². The molecule has 0 saturated heterocycles. The maximum Gasteiger partial charge on any atom is 0.264 e. The van der Waals surface area contributed by atoms with Gasteiger partial charge in [0.1, 0.15) is 11.3 Å². The topological polar surface area (TPSA) is 80.2 Å². The molecule has 1 aromatic carbocycles. The molecule has 0 aliphatic heterocycles. The van der Waals surface area contributed by atoms with E-state index in [0.29, 0.717) is 17.1 Å². The summed E-state index contributed by atoms with van der Waals surface area (Å²) in [5.74, 6) is 0.275. The van der Waals surface area contributed by atoms with E-state index >= 15 is 0 Å². The van der Waals surface area contributed by atoms with Crippen molar-refractivity contribution in [2.24, 2.45) is 7.05 Å². The quantitative estimate of drug-likeness (QED) is 0.753. The van der Waals surface area contributed by atoms with Gasteiger partial charge in [-0.25, -0.2) is 0 Å². The molecule has 1 amide bonds. The number of hydrogen-bond acceptors (Lipinski definition) is 4. The van der Waals surface area contributed by atoms with Crippen LogP contribution in [0.4, 0.5) is 5.69 Å². The molecule has 7 heteroatoms. The predicted octanol–water partition coefficient (Wildman–Crippen LogP) is 2.84. The van der Waals surface area contributed by atoms with Crippen molar-refractivity contribution in [2.45, 2.75) is 19.9 Å². The molecule has 0 saturated carbocycles. The van der Waals surface area contributed by atoms with Gasteiger partial charge in [-0.2, -0.15) is 5.10 Å². The fraction of sp³-hybridized carbons (Fsp3) is 0.250. The number of aromatic amines is 1. The number of pyridine rings is 1. The van der Waals surface area contributed by atoms with Crippen molar-refractivity contribution in [3.05, 3.63) is 64.7 Å². The van der Waals surface area contributed by atoms with Crippen molar-refractivity contribution < 1.29 is 9.53 Å². The molecule has 0 aliphatic rings. The number of ether oxygens (including phenoxy) is 1. The first-order chi connectivity index (χ1) is 12.9. The zero-order chi connectivity index (χ0) is 19.6. The third-order valence-corrected chi connectivity index (χ3v) is 4.24. The number of carbonyl (C=O) groups excluding carboxylic acids is 1. The van der Waals surface area contributed by atoms with Crippen LogP contribution in [-0.2, 0) is 7.05 Å². The Hall–Kier alpha value is -3.35. The summed E-state index contributed by atoms with van der Waals surface area (Å²) in [5, 5.41) is 4.11. The van der Waals surface area contributed by atoms with E-state index in [1.165, 1.54) is 0 Å². The number of anilines is 1. The lowest BCUT2D eigenvalue weighted by Crippen LogP contribution is -2.39. The van der Waals surface area contributed by atoms with Crippen molar-refractivity contribution in [3.8, 4) is 17.0 Å². The van der Waals surface area contributed by atoms with E-state index in [1.807, 2.05) is 38.1 Å². The molecule has 3 rings (SSSR count). The number of hydrogen-bond donors (Lipinski definition) is 1. The average molecular weight is 366 g/mol. The second-order valence-electron chi connectivity index (χ2n) is 6.46. The van der Waals surface area contributed by atoms with E-state index in [9.17, 15) is 9.59 Å². The number of nitrogens with zero attached hydrogens (tertiary/aromatic N) is 3. The second-order valence-corrected chi connectivity index (χ2v) is 6.46. The van der Waals surface area contributed by atoms with Gasteiger partial charge < -0.3 is 14.6 Å². The van der Waals surface area contributed by atoms with Crippen LogP contribution < -0.4 is 15.2 Å². The molecule has 0 aliphatic carbocycles. The summed E-state index contributed by atoms with van der Waals surface area (Å²) < 4.78 is 6.96. The van der Waals surface area contributed by atoms with Crippen LogP contribution in [0.1, 0.15) is 24.2 Å². The number of methoxy groups -OCH3 is 1. The van der Waals surface area contributed by atoms with Crippen molar-refractivity contribution in [3.63, 3.8) is 0 Å². The van der Waals surface area contributed by atoms with Gasteiger partial charge in [0, 0.05) is 24.8 Å². The minimum absolute atomic E-state index is 0.0752. The number of aryl methyl sites for hydroxylation is 1. The third kappa shape index (κ3) is 3.62. The first-order valence-corrected chi connectivity index (χ1v) is 8.61. The Morgan fingerprint density at radius 2 is 1.96 bits per heavy atom. The minimum atomic E-state index is -0.446. The van der Waals surface area contributed by atoms with Crippen LogP contribution in [0.15, 0.2) is 53.6 Å². The Bertz CT molecular complexity index is 1020. The lowest BCUT2D eigenvalue weighted by Gasteiger charge is -2.25. The van der Waals surface area contributed by atoms with Gasteiger partial charge in [-0.1, -0.05) is 12.1 Å². The number of carbonyl (C=O) groups is 1. The Morgan fingerprint density at radius 1 is 1.22 bits per heavy atom. The summed E-state index contributed by atoms with van der Waals surface area (Å²) in [5.41, 5.74) is 1.62. The molecule has 0 radical (unpaired) electrons. The summed E-state index contributed by atoms with van der Waals surface area (Å²) in [6.07, 6.45) is 3.35. The maximum absolute atomic E-state index is 13.0. The number of para-hydroxylation sites is 1. The van der Waals surface area contributed by atoms with Gasteiger partial charge in [-0.05, 0) is 38.1 Å². The predicted molar refractivity (Wildman–Crippen MR) is 104 cm³/mol. The van der Waals surface area contributed by atoms with Gasteiger partial charge >= 0.3 is 0 Å². The molecular weight excluding hydrogens is 344 g/mol. The van der Waals surface area contributed by atoms with Crippen molar-refractivity contribution >= 4 is 11.6 Å². The summed E-state index contributed by atoms with van der Waals surface area (Å²) in [6, 6.07) is 10.5. The van der Waals surface area contributed by atoms with Crippen LogP contribution in [0, 0.1) is 0 Å². The Labute approximate surface area is 157 Å². The molecule has 0 atom stereocenters. The Kier molecular flexibility index (Phi) is 5.12. The van der Waals surface area contributed by atoms with Crippen LogP contribution in [0.5, 0.6) is 5.75 Å². The van der Waals surface area contributed by atoms with Gasteiger partial charge in [0.25, 0.3) is 11.5 Å². The zero-order valence-electron chi connectivity index (χ0n) is 15.8. The van der Waals surface area contributed by atoms with E-state index in [1.54, 1.807) is 48.3 Å². The van der Waals surface area contributed by atoms with Crippen LogP contribution in [0.3, 0.4) is 0 Å². The number of aromatic nitrogens is 3. The van der Waals surface area contributed by atoms with E-state index < -0.39 is 5.56 Å². The van der Waals surface area contributed by atoms with Crippen LogP contribution in [0.25, 0.3) is 11.3 Å². The molecule has 27 heavy (non-hydrogen) atoms. The normalized spacial score (nSPS) is 10.9. The lowest BCUT2D eigenvalue weighted by atomic mass is 10.1. The van der Waals surface area contributed by atoms with E-state index in [0.717, 1.165) is 5.56 Å². The molecule has 0 fully saturated rings. The fourth-order valence-corrected chi connectivity index (χ4v) is 2.98. The zero-order valence-corrected chi connectivity index (χ0v) is 15.8. The smallest absolute Gasteiger partial charge is 0.264 e. The van der Waals surface area contributed by atoms with Gasteiger partial charge in [0.15, 0.2) is 0 Å². The molecule has 2 heterocycles. The monoisotopic (exact) mass is 366 g/mol. The molecular formula is C20H22N4O3. The first kappa shape index (κ1) is 18.4. The van der Waals surface area contributed by atoms with Crippen LogP contribution >= 0.6 is 0 Å². The average Bonchev–Trinajstić information content (AvgIpc) is 3.07. The number of rotatable bonds is 5. The minimum Gasteiger partial charge on any atom is -0.496 e. The van der Waals surface area contributed by atoms with E-state index in [4.69, 9.17) is 4.74 Å². The SMILES string of the molecule is COc1ccccc1-c1ccc(C(=O)N(c2cnn(C)c2)C(C)C)c(=O)[nH]1. The van der Waals surface area contributed by atoms with Gasteiger partial charge in [0.2, 0.25) is 0 Å². The molecule has 0 unspecified atom stereocenters. The van der Waals surface area contributed by atoms with Gasteiger partial charge in [-0.15, -0.1) is 0 Å². The largest absolute Gasteiger partial charge is 0.496 e. The standard InChI is InChI=1S/C20H22N4O3/c1-13(2)24(14-11-21-23(3)12-14)20(26)16-9-10-17(22-19(16)25)15-7-5-6-8-18(15)27-4/h5-13H,1-4H3,(H,22,25). The van der Waals surface area contributed by atoms with Gasteiger partial charge in [-0.3, -0.25) is 14.3 Å². The molecule has 140 valence electrons. The number of benzene rings is 1. The highest BCUT2D eigenvalue weighted by molar-refractivity contribution is 6.06. The molecule has 7 nitrogen and oxygen atoms in total. The molecule has 0 bridgehead atoms. The fourth-order valence-electron chi connectivity index (χ4n) is 2.98. The maximum atomic E-state index is 13.0. The molecule has 0 spiro atoms. The summed E-state index contributed by atoms with van der Waals surface area (Å²) >= 11 is 0. The first-order valence-electron chi connectivity index (χ1n) is 8.61. The molecule has 2 aromatic heterocycles. The van der Waals surface area contributed by atoms with E-state index in [2.05, 4.69) is 10.1 Å². The summed E-state index contributed by atoms with van der Waals surface area (Å²) in [4.78, 5) is 30.0. The molecule has 1 N–H and O–H groups in total. The van der Waals surface area contributed by atoms with Gasteiger partial charge in [0.05, 0.1) is 24.7 Å². The highest BCUT2D eigenvalue weighted by Crippen LogP contribution is 2.27. The van der Waals surface area contributed by atoms with Crippen molar-refractivity contribution in [1.82, 2.24) is 14.8 Å². The summed E-state index contributed by atoms with van der Waals surface area (Å²) in [6.45, 7) is 3.78. The van der Waals surface area contributed by atoms with Crippen LogP contribution in [0.2, 0.25) is 0 Å². The lowest BCUT2D eigenvalue weighted by molar-refractivity contribution is 0.0979. The number of amides is 1. The number of H-pyrrole nitrogens is 1. The Balaban J connectivity index is 2.00. The summed E-state index contributed by atoms with van der Waals surface area (Å²) in [7, 11) is 3.35. The Morgan fingerprint density at radius 3 is 2.56 bits per heavy atom. The third-order valence-electron chi connectivity index (χ3n) is 4.24. The highest BCUT2D eigenvalue weighted by Gasteiger charge is 2.24. The van der Waals surface area contributed by atoms with Crippen molar-refractivity contribution in [1.29, 1.82) is 0 Å².